The van der Waals surface area contributed by atoms with Gasteiger partial charge in [-0.25, -0.2) is 12.8 Å². The largest absolute Gasteiger partial charge is 0.481 e. The number of halogens is 1. The van der Waals surface area contributed by atoms with Gasteiger partial charge in [-0.2, -0.15) is 0 Å². The number of anilines is 1. The summed E-state index contributed by atoms with van der Waals surface area (Å²) in [6, 6.07) is 20.3. The van der Waals surface area contributed by atoms with E-state index >= 15 is 0 Å². The molecule has 3 aromatic rings. The summed E-state index contributed by atoms with van der Waals surface area (Å²) >= 11 is 0. The first-order valence-corrected chi connectivity index (χ1v) is 18.1. The summed E-state index contributed by atoms with van der Waals surface area (Å²) in [5, 5.41) is 39.2. The van der Waals surface area contributed by atoms with Crippen LogP contribution >= 0.6 is 0 Å². The van der Waals surface area contributed by atoms with Crippen molar-refractivity contribution in [2.24, 2.45) is 11.8 Å². The van der Waals surface area contributed by atoms with E-state index in [2.05, 4.69) is 0 Å². The Hall–Kier alpha value is -4.13. The minimum atomic E-state index is -3.16. The zero-order valence-corrected chi connectivity index (χ0v) is 27.6. The Balaban J connectivity index is 1.46. The van der Waals surface area contributed by atoms with Crippen LogP contribution in [0, 0.1) is 17.7 Å². The van der Waals surface area contributed by atoms with Crippen molar-refractivity contribution in [1.82, 2.24) is 0 Å². The molecule has 1 aliphatic heterocycles. The lowest BCUT2D eigenvalue weighted by molar-refractivity contribution is -0.154. The molecule has 0 bridgehead atoms. The molecule has 4 rings (SSSR count). The normalized spacial score (nSPS) is 17.6. The fourth-order valence-electron chi connectivity index (χ4n) is 6.08. The average molecular weight is 684 g/mol. The standard InChI is InChI=1S/C36H42FNO9S/c1-48(46,47)22-21-29(39)18-9-24-7-16-28(17-8-24)38-33(30(34(38)41)19-20-32(40)25-12-14-27(37)15-13-25)26-10-5-23(6-11-26)3-2-4-31(35(42)43)36(44)45/h5-8,10-17,29-33,39-40H,2-4,9,18-22H2,1H3,(H,42,43)(H,44,45)/t29?,30-,32+,33-/m1/s1. The van der Waals surface area contributed by atoms with E-state index in [0.717, 1.165) is 22.9 Å². The number of carbonyl (C=O) groups is 3. The Morgan fingerprint density at radius 2 is 1.40 bits per heavy atom. The van der Waals surface area contributed by atoms with Gasteiger partial charge in [0.1, 0.15) is 15.7 Å². The lowest BCUT2D eigenvalue weighted by Gasteiger charge is -2.48. The lowest BCUT2D eigenvalue weighted by Crippen LogP contribution is -2.55. The van der Waals surface area contributed by atoms with Crippen molar-refractivity contribution in [3.05, 3.63) is 101 Å². The number of carboxylic acid groups (broad SMARTS) is 2. The highest BCUT2D eigenvalue weighted by Gasteiger charge is 2.48. The molecule has 0 aliphatic carbocycles. The first-order chi connectivity index (χ1) is 22.7. The number of rotatable bonds is 18. The second kappa shape index (κ2) is 16.3. The molecule has 0 saturated carbocycles. The molecule has 1 aliphatic rings. The molecule has 1 saturated heterocycles. The maximum absolute atomic E-state index is 13.6. The molecule has 0 spiro atoms. The van der Waals surface area contributed by atoms with Crippen LogP contribution in [0.5, 0.6) is 0 Å². The van der Waals surface area contributed by atoms with E-state index in [1.165, 1.54) is 24.3 Å². The van der Waals surface area contributed by atoms with Crippen molar-refractivity contribution in [1.29, 1.82) is 0 Å². The lowest BCUT2D eigenvalue weighted by atomic mass is 9.78. The van der Waals surface area contributed by atoms with Crippen LogP contribution in [0.1, 0.15) is 72.9 Å². The molecule has 258 valence electrons. The Morgan fingerprint density at radius 1 is 0.812 bits per heavy atom. The highest BCUT2D eigenvalue weighted by atomic mass is 32.2. The summed E-state index contributed by atoms with van der Waals surface area (Å²) in [5.41, 5.74) is 3.94. The predicted molar refractivity (Wildman–Crippen MR) is 178 cm³/mol. The van der Waals surface area contributed by atoms with Gasteiger partial charge in [0.05, 0.1) is 29.9 Å². The highest BCUT2D eigenvalue weighted by molar-refractivity contribution is 7.90. The number of sulfone groups is 1. The highest BCUT2D eigenvalue weighted by Crippen LogP contribution is 2.46. The molecule has 10 nitrogen and oxygen atoms in total. The van der Waals surface area contributed by atoms with E-state index in [4.69, 9.17) is 10.2 Å². The van der Waals surface area contributed by atoms with Gasteiger partial charge >= 0.3 is 11.9 Å². The van der Waals surface area contributed by atoms with Gasteiger partial charge < -0.3 is 25.3 Å². The molecule has 12 heteroatoms. The van der Waals surface area contributed by atoms with E-state index < -0.39 is 51.6 Å². The first-order valence-electron chi connectivity index (χ1n) is 16.0. The second-order valence-electron chi connectivity index (χ2n) is 12.5. The third-order valence-corrected chi connectivity index (χ3v) is 9.88. The summed E-state index contributed by atoms with van der Waals surface area (Å²) in [6.45, 7) is 0. The molecule has 1 amide bonds. The van der Waals surface area contributed by atoms with Gasteiger partial charge in [-0.15, -0.1) is 0 Å². The Bertz CT molecular complexity index is 1650. The number of benzene rings is 3. The molecule has 1 fully saturated rings. The van der Waals surface area contributed by atoms with Gasteiger partial charge in [0.2, 0.25) is 5.91 Å². The molecule has 3 aromatic carbocycles. The number of aliphatic carboxylic acids is 2. The van der Waals surface area contributed by atoms with E-state index in [9.17, 15) is 37.4 Å². The second-order valence-corrected chi connectivity index (χ2v) is 14.8. The van der Waals surface area contributed by atoms with Crippen LogP contribution in [0.4, 0.5) is 10.1 Å². The van der Waals surface area contributed by atoms with Crippen LogP contribution in [-0.2, 0) is 37.1 Å². The number of hydrogen-bond donors (Lipinski definition) is 4. The molecule has 4 atom stereocenters. The third kappa shape index (κ3) is 9.94. The first kappa shape index (κ1) is 36.7. The number of carbonyl (C=O) groups excluding carboxylic acids is 1. The van der Waals surface area contributed by atoms with Crippen LogP contribution in [0.2, 0.25) is 0 Å². The summed E-state index contributed by atoms with van der Waals surface area (Å²) < 4.78 is 36.2. The van der Waals surface area contributed by atoms with Gasteiger partial charge in [0, 0.05) is 11.9 Å². The number of β-lactam (4-membered cyclic amide) rings is 1. The minimum Gasteiger partial charge on any atom is -0.481 e. The summed E-state index contributed by atoms with van der Waals surface area (Å²) in [7, 11) is -3.16. The Morgan fingerprint density at radius 3 is 1.98 bits per heavy atom. The fraction of sp³-hybridized carbons (Fsp3) is 0.417. The predicted octanol–water partition coefficient (Wildman–Crippen LogP) is 4.88. The molecular formula is C36H42FNO9S. The van der Waals surface area contributed by atoms with Gasteiger partial charge in [0.15, 0.2) is 5.92 Å². The summed E-state index contributed by atoms with van der Waals surface area (Å²) in [5.74, 6) is -5.20. The van der Waals surface area contributed by atoms with Crippen LogP contribution in [-0.4, -0.2) is 64.8 Å². The molecule has 1 unspecified atom stereocenters. The molecule has 1 heterocycles. The summed E-state index contributed by atoms with van der Waals surface area (Å²) in [6.07, 6.45) is 2.17. The minimum absolute atomic E-state index is 0.00534. The van der Waals surface area contributed by atoms with Crippen LogP contribution in [0.3, 0.4) is 0 Å². The van der Waals surface area contributed by atoms with Crippen molar-refractivity contribution >= 4 is 33.4 Å². The average Bonchev–Trinajstić information content (AvgIpc) is 3.04. The zero-order valence-electron chi connectivity index (χ0n) is 26.7. The van der Waals surface area contributed by atoms with Crippen LogP contribution in [0.15, 0.2) is 72.8 Å². The number of aliphatic hydroxyl groups excluding tert-OH is 2. The number of aryl methyl sites for hydroxylation is 2. The van der Waals surface area contributed by atoms with Crippen molar-refractivity contribution < 1.29 is 47.6 Å². The van der Waals surface area contributed by atoms with E-state index in [-0.39, 0.29) is 30.5 Å². The topological polar surface area (TPSA) is 170 Å². The number of amides is 1. The molecule has 48 heavy (non-hydrogen) atoms. The Kier molecular flexibility index (Phi) is 12.5. The quantitative estimate of drug-likeness (QED) is 0.108. The molecule has 4 N–H and O–H groups in total. The van der Waals surface area contributed by atoms with Crippen molar-refractivity contribution in [2.75, 3.05) is 16.9 Å². The zero-order chi connectivity index (χ0) is 35.0. The van der Waals surface area contributed by atoms with Gasteiger partial charge in [-0.05, 0) is 97.9 Å². The number of hydrogen-bond acceptors (Lipinski definition) is 7. The van der Waals surface area contributed by atoms with Crippen LogP contribution < -0.4 is 4.90 Å². The molecular weight excluding hydrogens is 641 g/mol. The molecule has 0 radical (unpaired) electrons. The molecule has 0 aromatic heterocycles. The monoisotopic (exact) mass is 683 g/mol. The van der Waals surface area contributed by atoms with Gasteiger partial charge in [-0.3, -0.25) is 14.4 Å². The van der Waals surface area contributed by atoms with Crippen molar-refractivity contribution in [3.8, 4) is 0 Å². The van der Waals surface area contributed by atoms with Gasteiger partial charge in [0.25, 0.3) is 0 Å². The van der Waals surface area contributed by atoms with Crippen LogP contribution in [0.25, 0.3) is 0 Å². The van der Waals surface area contributed by atoms with E-state index in [1.807, 2.05) is 48.5 Å². The van der Waals surface area contributed by atoms with Gasteiger partial charge in [-0.1, -0.05) is 48.5 Å². The van der Waals surface area contributed by atoms with E-state index in [1.54, 1.807) is 4.90 Å². The summed E-state index contributed by atoms with van der Waals surface area (Å²) in [4.78, 5) is 37.7. The SMILES string of the molecule is CS(=O)(=O)CCC(O)CCc1ccc(N2C(=O)[C@H](CC[C@H](O)c3ccc(F)cc3)[C@H]2c2ccc(CCCC(C(=O)O)C(=O)O)cc2)cc1. The smallest absolute Gasteiger partial charge is 0.317 e. The number of aliphatic hydroxyl groups is 2. The van der Waals surface area contributed by atoms with Crippen molar-refractivity contribution in [3.63, 3.8) is 0 Å². The maximum atomic E-state index is 13.6. The number of nitrogens with zero attached hydrogens (tertiary/aromatic N) is 1. The van der Waals surface area contributed by atoms with Crippen molar-refractivity contribution in [2.45, 2.75) is 69.6 Å². The van der Waals surface area contributed by atoms with E-state index in [0.29, 0.717) is 49.8 Å². The fourth-order valence-corrected chi connectivity index (χ4v) is 6.78. The Labute approximate surface area is 279 Å². The number of carboxylic acids is 2. The maximum Gasteiger partial charge on any atom is 0.317 e. The third-order valence-electron chi connectivity index (χ3n) is 8.90.